The lowest BCUT2D eigenvalue weighted by molar-refractivity contribution is 0.353. The Hall–Kier alpha value is -0.460. The molecule has 0 aromatic heterocycles. The van der Waals surface area contributed by atoms with E-state index in [4.69, 9.17) is 0 Å². The van der Waals surface area contributed by atoms with Crippen LogP contribution in [0.5, 0.6) is 0 Å². The van der Waals surface area contributed by atoms with Crippen molar-refractivity contribution in [2.24, 2.45) is 0 Å². The van der Waals surface area contributed by atoms with Crippen LogP contribution >= 0.6 is 0 Å². The van der Waals surface area contributed by atoms with Gasteiger partial charge >= 0.3 is 0 Å². The fourth-order valence-electron chi connectivity index (χ4n) is 1.97. The lowest BCUT2D eigenvalue weighted by atomic mass is 10.1. The Labute approximate surface area is 109 Å². The summed E-state index contributed by atoms with van der Waals surface area (Å²) in [5.74, 6) is 0. The highest BCUT2D eigenvalue weighted by atomic mass is 15.1. The average Bonchev–Trinajstić information content (AvgIpc) is 2.35. The van der Waals surface area contributed by atoms with Crippen LogP contribution in [-0.4, -0.2) is 18.0 Å². The Balaban J connectivity index is 3.56. The van der Waals surface area contributed by atoms with E-state index >= 15 is 0 Å². The van der Waals surface area contributed by atoms with E-state index < -0.39 is 0 Å². The summed E-state index contributed by atoms with van der Waals surface area (Å²) in [6, 6.07) is 0. The number of unbranched alkanes of at least 4 members (excludes halogenated alkanes) is 6. The highest BCUT2D eigenvalue weighted by Crippen LogP contribution is 2.07. The Morgan fingerprint density at radius 2 is 1.29 bits per heavy atom. The van der Waals surface area contributed by atoms with Crippen molar-refractivity contribution in [2.75, 3.05) is 13.1 Å². The van der Waals surface area contributed by atoms with Crippen molar-refractivity contribution >= 4 is 0 Å². The summed E-state index contributed by atoms with van der Waals surface area (Å²) < 4.78 is 0. The molecule has 0 aliphatic rings. The first-order valence-electron chi connectivity index (χ1n) is 7.75. The molecule has 0 aromatic rings. The lowest BCUT2D eigenvalue weighted by Gasteiger charge is -2.20. The second-order valence-electron chi connectivity index (χ2n) is 4.95. The van der Waals surface area contributed by atoms with Crippen LogP contribution in [0.15, 0.2) is 12.3 Å². The lowest BCUT2D eigenvalue weighted by Crippen LogP contribution is -2.19. The van der Waals surface area contributed by atoms with Crippen LogP contribution in [0.1, 0.15) is 78.6 Å². The smallest absolute Gasteiger partial charge is 0.0172 e. The third kappa shape index (κ3) is 11.8. The molecular formula is C16H33N. The second-order valence-corrected chi connectivity index (χ2v) is 4.95. The summed E-state index contributed by atoms with van der Waals surface area (Å²) in [6.45, 7) is 9.25. The zero-order valence-electron chi connectivity index (χ0n) is 12.4. The van der Waals surface area contributed by atoms with Gasteiger partial charge in [-0.3, -0.25) is 0 Å². The fourth-order valence-corrected chi connectivity index (χ4v) is 1.97. The average molecular weight is 239 g/mol. The molecule has 0 unspecified atom stereocenters. The summed E-state index contributed by atoms with van der Waals surface area (Å²) in [4.78, 5) is 2.51. The molecule has 0 rings (SSSR count). The van der Waals surface area contributed by atoms with E-state index in [0.717, 1.165) is 6.42 Å². The molecule has 0 fully saturated rings. The molecule has 0 aromatic carbocycles. The van der Waals surface area contributed by atoms with Gasteiger partial charge in [-0.1, -0.05) is 65.4 Å². The molecule has 0 bridgehead atoms. The maximum absolute atomic E-state index is 2.51. The minimum atomic E-state index is 1.15. The first-order valence-corrected chi connectivity index (χ1v) is 7.75. The van der Waals surface area contributed by atoms with E-state index in [0.29, 0.717) is 0 Å². The molecular weight excluding hydrogens is 206 g/mol. The van der Waals surface area contributed by atoms with Crippen LogP contribution in [0.2, 0.25) is 0 Å². The van der Waals surface area contributed by atoms with Crippen molar-refractivity contribution in [3.63, 3.8) is 0 Å². The van der Waals surface area contributed by atoms with Gasteiger partial charge in [0.2, 0.25) is 0 Å². The summed E-state index contributed by atoms with van der Waals surface area (Å²) in [5.41, 5.74) is 0. The van der Waals surface area contributed by atoms with E-state index in [1.54, 1.807) is 0 Å². The molecule has 17 heavy (non-hydrogen) atoms. The quantitative estimate of drug-likeness (QED) is 0.414. The van der Waals surface area contributed by atoms with E-state index in [-0.39, 0.29) is 0 Å². The summed E-state index contributed by atoms with van der Waals surface area (Å²) >= 11 is 0. The number of nitrogens with zero attached hydrogens (tertiary/aromatic N) is 1. The molecule has 0 heterocycles. The van der Waals surface area contributed by atoms with Crippen molar-refractivity contribution in [3.05, 3.63) is 12.3 Å². The van der Waals surface area contributed by atoms with Crippen LogP contribution in [0.3, 0.4) is 0 Å². The van der Waals surface area contributed by atoms with Gasteiger partial charge in [0, 0.05) is 13.1 Å². The van der Waals surface area contributed by atoms with Crippen LogP contribution < -0.4 is 0 Å². The van der Waals surface area contributed by atoms with Gasteiger partial charge in [0.1, 0.15) is 0 Å². The van der Waals surface area contributed by atoms with Gasteiger partial charge in [-0.2, -0.15) is 0 Å². The molecule has 0 spiro atoms. The number of hydrogen-bond acceptors (Lipinski definition) is 1. The Morgan fingerprint density at radius 1 is 0.706 bits per heavy atom. The zero-order valence-corrected chi connectivity index (χ0v) is 12.4. The van der Waals surface area contributed by atoms with Crippen molar-refractivity contribution in [2.45, 2.75) is 78.6 Å². The highest BCUT2D eigenvalue weighted by Gasteiger charge is 1.98. The fraction of sp³-hybridized carbons (Fsp3) is 0.875. The van der Waals surface area contributed by atoms with Crippen molar-refractivity contribution < 1.29 is 0 Å². The Kier molecular flexibility index (Phi) is 13.2. The van der Waals surface area contributed by atoms with Crippen LogP contribution in [0.25, 0.3) is 0 Å². The second kappa shape index (κ2) is 13.6. The Morgan fingerprint density at radius 3 is 1.94 bits per heavy atom. The molecule has 1 nitrogen and oxygen atoms in total. The van der Waals surface area contributed by atoms with Gasteiger partial charge in [0.25, 0.3) is 0 Å². The van der Waals surface area contributed by atoms with Gasteiger partial charge in [-0.25, -0.2) is 0 Å². The molecule has 0 aliphatic heterocycles. The molecule has 0 aliphatic carbocycles. The van der Waals surface area contributed by atoms with Gasteiger partial charge in [-0.05, 0) is 25.5 Å². The van der Waals surface area contributed by atoms with Crippen LogP contribution in [0, 0.1) is 0 Å². The standard InChI is InChI=1S/C16H33N/c1-4-7-10-11-12-13-16-17(14-8-5-2)15-9-6-3/h8,14H,4-7,9-13,15-16H2,1-3H3. The van der Waals surface area contributed by atoms with E-state index in [1.165, 1.54) is 64.5 Å². The van der Waals surface area contributed by atoms with Crippen molar-refractivity contribution in [3.8, 4) is 0 Å². The maximum Gasteiger partial charge on any atom is 0.0172 e. The van der Waals surface area contributed by atoms with Crippen LogP contribution in [-0.2, 0) is 0 Å². The van der Waals surface area contributed by atoms with Crippen LogP contribution in [0.4, 0.5) is 0 Å². The summed E-state index contributed by atoms with van der Waals surface area (Å²) in [5, 5.41) is 0. The highest BCUT2D eigenvalue weighted by molar-refractivity contribution is 4.81. The maximum atomic E-state index is 2.51. The molecule has 0 atom stereocenters. The normalized spacial score (nSPS) is 11.2. The zero-order chi connectivity index (χ0) is 12.8. The molecule has 0 amide bonds. The Bertz CT molecular complexity index is 163. The number of allylic oxidation sites excluding steroid dienone is 1. The topological polar surface area (TPSA) is 3.24 Å². The minimum Gasteiger partial charge on any atom is -0.378 e. The van der Waals surface area contributed by atoms with E-state index in [9.17, 15) is 0 Å². The van der Waals surface area contributed by atoms with Gasteiger partial charge in [0.05, 0.1) is 0 Å². The molecule has 0 saturated heterocycles. The molecule has 0 saturated carbocycles. The molecule has 102 valence electrons. The largest absolute Gasteiger partial charge is 0.378 e. The predicted molar refractivity (Wildman–Crippen MR) is 79.3 cm³/mol. The minimum absolute atomic E-state index is 1.15. The first kappa shape index (κ1) is 16.5. The predicted octanol–water partition coefficient (Wildman–Crippen LogP) is 5.37. The third-order valence-electron chi connectivity index (χ3n) is 3.15. The van der Waals surface area contributed by atoms with E-state index in [1.807, 2.05) is 0 Å². The SMILES string of the molecule is CCC=CN(CCCC)CCCCCCCC. The molecule has 1 heteroatoms. The van der Waals surface area contributed by atoms with Gasteiger partial charge in [-0.15, -0.1) is 0 Å². The van der Waals surface area contributed by atoms with Crippen molar-refractivity contribution in [1.82, 2.24) is 4.90 Å². The number of rotatable bonds is 12. The first-order chi connectivity index (χ1) is 8.35. The van der Waals surface area contributed by atoms with E-state index in [2.05, 4.69) is 37.9 Å². The van der Waals surface area contributed by atoms with Gasteiger partial charge < -0.3 is 4.90 Å². The monoisotopic (exact) mass is 239 g/mol. The van der Waals surface area contributed by atoms with Gasteiger partial charge in [0.15, 0.2) is 0 Å². The van der Waals surface area contributed by atoms with Crippen molar-refractivity contribution in [1.29, 1.82) is 0 Å². The summed E-state index contributed by atoms with van der Waals surface area (Å²) in [7, 11) is 0. The molecule has 0 radical (unpaired) electrons. The third-order valence-corrected chi connectivity index (χ3v) is 3.15. The molecule has 0 N–H and O–H groups in total. The summed E-state index contributed by atoms with van der Waals surface area (Å²) in [6.07, 6.45) is 16.7. The number of hydrogen-bond donors (Lipinski definition) is 0.